The van der Waals surface area contributed by atoms with Gasteiger partial charge in [0, 0.05) is 11.6 Å². The predicted molar refractivity (Wildman–Crippen MR) is 63.1 cm³/mol. The van der Waals surface area contributed by atoms with Crippen molar-refractivity contribution in [2.24, 2.45) is 0 Å². The summed E-state index contributed by atoms with van der Waals surface area (Å²) in [5.74, 6) is 0. The molecule has 0 spiro atoms. The van der Waals surface area contributed by atoms with Crippen molar-refractivity contribution in [2.75, 3.05) is 11.9 Å². The van der Waals surface area contributed by atoms with Gasteiger partial charge in [0.1, 0.15) is 0 Å². The Morgan fingerprint density at radius 2 is 2.18 bits per heavy atom. The molecule has 0 saturated carbocycles. The number of hydrogen-bond acceptors (Lipinski definition) is 4. The van der Waals surface area contributed by atoms with Gasteiger partial charge >= 0.3 is 6.09 Å². The summed E-state index contributed by atoms with van der Waals surface area (Å²) in [6.45, 7) is 3.77. The quantitative estimate of drug-likeness (QED) is 0.645. The number of amides is 1. The maximum Gasteiger partial charge on any atom is 0.411 e. The SMILES string of the molecule is CCOC(=O)Nc1ccc(CC)c([N+](=O)[O-])c1. The van der Waals surface area contributed by atoms with Crippen LogP contribution in [-0.4, -0.2) is 17.6 Å². The first kappa shape index (κ1) is 13.0. The lowest BCUT2D eigenvalue weighted by atomic mass is 10.1. The van der Waals surface area contributed by atoms with Gasteiger partial charge in [-0.05, 0) is 19.4 Å². The summed E-state index contributed by atoms with van der Waals surface area (Å²) in [6.07, 6.45) is -0.0539. The van der Waals surface area contributed by atoms with E-state index in [4.69, 9.17) is 0 Å². The molecular formula is C11H14N2O4. The van der Waals surface area contributed by atoms with Crippen LogP contribution in [0.3, 0.4) is 0 Å². The minimum atomic E-state index is -0.619. The Balaban J connectivity index is 2.92. The van der Waals surface area contributed by atoms with Crippen molar-refractivity contribution in [3.05, 3.63) is 33.9 Å². The van der Waals surface area contributed by atoms with Crippen LogP contribution >= 0.6 is 0 Å². The fourth-order valence-corrected chi connectivity index (χ4v) is 1.40. The molecule has 1 aromatic carbocycles. The number of nitro groups is 1. The highest BCUT2D eigenvalue weighted by molar-refractivity contribution is 5.85. The molecular weight excluding hydrogens is 224 g/mol. The summed E-state index contributed by atoms with van der Waals surface area (Å²) in [7, 11) is 0. The van der Waals surface area contributed by atoms with Crippen molar-refractivity contribution in [3.8, 4) is 0 Å². The fourth-order valence-electron chi connectivity index (χ4n) is 1.40. The van der Waals surface area contributed by atoms with Crippen LogP contribution in [0.5, 0.6) is 0 Å². The van der Waals surface area contributed by atoms with Gasteiger partial charge in [-0.2, -0.15) is 0 Å². The number of nitro benzene ring substituents is 1. The molecule has 92 valence electrons. The summed E-state index contributed by atoms with van der Waals surface area (Å²) in [6, 6.07) is 4.57. The van der Waals surface area contributed by atoms with Gasteiger partial charge in [0.2, 0.25) is 0 Å². The number of rotatable bonds is 4. The fraction of sp³-hybridized carbons (Fsp3) is 0.364. The van der Waals surface area contributed by atoms with Crippen LogP contribution in [0.25, 0.3) is 0 Å². The topological polar surface area (TPSA) is 81.5 Å². The van der Waals surface area contributed by atoms with Gasteiger partial charge in [-0.3, -0.25) is 15.4 Å². The molecule has 0 aliphatic carbocycles. The van der Waals surface area contributed by atoms with Crippen molar-refractivity contribution in [1.29, 1.82) is 0 Å². The minimum absolute atomic E-state index is 0.00167. The molecule has 0 fully saturated rings. The zero-order chi connectivity index (χ0) is 12.8. The van der Waals surface area contributed by atoms with Crippen LogP contribution < -0.4 is 5.32 Å². The molecule has 1 aromatic rings. The third-order valence-corrected chi connectivity index (χ3v) is 2.18. The number of nitrogens with one attached hydrogen (secondary N) is 1. The number of carbonyl (C=O) groups is 1. The second kappa shape index (κ2) is 5.83. The third-order valence-electron chi connectivity index (χ3n) is 2.18. The summed E-state index contributed by atoms with van der Waals surface area (Å²) < 4.78 is 4.68. The zero-order valence-electron chi connectivity index (χ0n) is 9.73. The summed E-state index contributed by atoms with van der Waals surface area (Å²) >= 11 is 0. The van der Waals surface area contributed by atoms with E-state index in [1.807, 2.05) is 6.92 Å². The van der Waals surface area contributed by atoms with E-state index >= 15 is 0 Å². The van der Waals surface area contributed by atoms with Crippen LogP contribution in [0, 0.1) is 10.1 Å². The lowest BCUT2D eigenvalue weighted by Crippen LogP contribution is -2.13. The van der Waals surface area contributed by atoms with Gasteiger partial charge < -0.3 is 4.74 Å². The largest absolute Gasteiger partial charge is 0.450 e. The highest BCUT2D eigenvalue weighted by atomic mass is 16.6. The molecule has 6 heteroatoms. The molecule has 1 amide bonds. The van der Waals surface area contributed by atoms with E-state index in [0.29, 0.717) is 17.7 Å². The average Bonchev–Trinajstić information content (AvgIpc) is 2.29. The second-order valence-corrected chi connectivity index (χ2v) is 3.30. The number of aryl methyl sites for hydroxylation is 1. The predicted octanol–water partition coefficient (Wildman–Crippen LogP) is 2.73. The first-order valence-corrected chi connectivity index (χ1v) is 5.29. The molecule has 0 aliphatic rings. The standard InChI is InChI=1S/C11H14N2O4/c1-3-8-5-6-9(7-10(8)13(15)16)12-11(14)17-4-2/h5-7H,3-4H2,1-2H3,(H,12,14). The van der Waals surface area contributed by atoms with Gasteiger partial charge in [0.05, 0.1) is 17.2 Å². The molecule has 1 rings (SSSR count). The summed E-state index contributed by atoms with van der Waals surface area (Å²) in [4.78, 5) is 21.5. The number of anilines is 1. The van der Waals surface area contributed by atoms with Crippen molar-refractivity contribution in [3.63, 3.8) is 0 Å². The van der Waals surface area contributed by atoms with Crippen molar-refractivity contribution in [2.45, 2.75) is 20.3 Å². The Labute approximate surface area is 98.7 Å². The van der Waals surface area contributed by atoms with E-state index in [2.05, 4.69) is 10.1 Å². The van der Waals surface area contributed by atoms with E-state index in [1.54, 1.807) is 19.1 Å². The molecule has 17 heavy (non-hydrogen) atoms. The zero-order valence-corrected chi connectivity index (χ0v) is 9.73. The van der Waals surface area contributed by atoms with Crippen molar-refractivity contribution in [1.82, 2.24) is 0 Å². The molecule has 0 aromatic heterocycles. The first-order valence-electron chi connectivity index (χ1n) is 5.29. The smallest absolute Gasteiger partial charge is 0.411 e. The molecule has 6 nitrogen and oxygen atoms in total. The number of ether oxygens (including phenoxy) is 1. The van der Waals surface area contributed by atoms with E-state index in [1.165, 1.54) is 6.07 Å². The van der Waals surface area contributed by atoms with Crippen LogP contribution in [0.15, 0.2) is 18.2 Å². The maximum absolute atomic E-state index is 11.1. The van der Waals surface area contributed by atoms with E-state index in [-0.39, 0.29) is 12.3 Å². The van der Waals surface area contributed by atoms with Crippen LogP contribution in [0.1, 0.15) is 19.4 Å². The molecule has 0 atom stereocenters. The van der Waals surface area contributed by atoms with Gasteiger partial charge in [0.15, 0.2) is 0 Å². The van der Waals surface area contributed by atoms with Crippen molar-refractivity contribution < 1.29 is 14.5 Å². The Bertz CT molecular complexity index is 431. The number of nitrogens with zero attached hydrogens (tertiary/aromatic N) is 1. The van der Waals surface area contributed by atoms with Crippen LogP contribution in [0.4, 0.5) is 16.2 Å². The lowest BCUT2D eigenvalue weighted by molar-refractivity contribution is -0.385. The molecule has 0 bridgehead atoms. The summed E-state index contributed by atoms with van der Waals surface area (Å²) in [5.41, 5.74) is 0.985. The van der Waals surface area contributed by atoms with E-state index in [9.17, 15) is 14.9 Å². The second-order valence-electron chi connectivity index (χ2n) is 3.30. The highest BCUT2D eigenvalue weighted by Gasteiger charge is 2.14. The molecule has 1 N–H and O–H groups in total. The van der Waals surface area contributed by atoms with Gasteiger partial charge in [-0.25, -0.2) is 4.79 Å². The number of hydrogen-bond donors (Lipinski definition) is 1. The number of carbonyl (C=O) groups excluding carboxylic acids is 1. The Morgan fingerprint density at radius 3 is 2.71 bits per heavy atom. The average molecular weight is 238 g/mol. The van der Waals surface area contributed by atoms with Gasteiger partial charge in [0.25, 0.3) is 5.69 Å². The Hall–Kier alpha value is -2.11. The van der Waals surface area contributed by atoms with Crippen LogP contribution in [-0.2, 0) is 11.2 Å². The first-order chi connectivity index (χ1) is 8.08. The van der Waals surface area contributed by atoms with E-state index in [0.717, 1.165) is 0 Å². The van der Waals surface area contributed by atoms with E-state index < -0.39 is 11.0 Å². The molecule has 0 heterocycles. The lowest BCUT2D eigenvalue weighted by Gasteiger charge is -2.06. The van der Waals surface area contributed by atoms with Crippen molar-refractivity contribution >= 4 is 17.5 Å². The maximum atomic E-state index is 11.1. The molecule has 0 radical (unpaired) electrons. The monoisotopic (exact) mass is 238 g/mol. The normalized spacial score (nSPS) is 9.76. The minimum Gasteiger partial charge on any atom is -0.450 e. The molecule has 0 aliphatic heterocycles. The molecule has 0 saturated heterocycles. The van der Waals surface area contributed by atoms with Gasteiger partial charge in [-0.15, -0.1) is 0 Å². The summed E-state index contributed by atoms with van der Waals surface area (Å²) in [5, 5.41) is 13.2. The number of benzene rings is 1. The highest BCUT2D eigenvalue weighted by Crippen LogP contribution is 2.23. The Kier molecular flexibility index (Phi) is 4.45. The third kappa shape index (κ3) is 3.44. The van der Waals surface area contributed by atoms with Crippen LogP contribution in [0.2, 0.25) is 0 Å². The van der Waals surface area contributed by atoms with Gasteiger partial charge in [-0.1, -0.05) is 13.0 Å². The molecule has 0 unspecified atom stereocenters. The Morgan fingerprint density at radius 1 is 1.47 bits per heavy atom.